The minimum Gasteiger partial charge on any atom is -0.481 e. The number of rotatable bonds is 5. The third-order valence-corrected chi connectivity index (χ3v) is 3.34. The maximum Gasteiger partial charge on any atom is 0.332 e. The van der Waals surface area contributed by atoms with Crippen LogP contribution >= 0.6 is 0 Å². The van der Waals surface area contributed by atoms with E-state index in [9.17, 15) is 14.4 Å². The molecule has 0 radical (unpaired) electrons. The monoisotopic (exact) mass is 258 g/mol. The SMILES string of the molecule is COC(=O)[C@]1(NC(=O)[C@@H](N)CC(=O)O)CC1(C)C. The fourth-order valence-corrected chi connectivity index (χ4v) is 1.99. The summed E-state index contributed by atoms with van der Waals surface area (Å²) in [6.45, 7) is 3.62. The van der Waals surface area contributed by atoms with Crippen molar-refractivity contribution in [2.45, 2.75) is 38.3 Å². The van der Waals surface area contributed by atoms with Gasteiger partial charge in [0, 0.05) is 5.41 Å². The summed E-state index contributed by atoms with van der Waals surface area (Å²) in [6, 6.07) is -1.18. The van der Waals surface area contributed by atoms with E-state index in [1.165, 1.54) is 7.11 Å². The molecule has 1 rings (SSSR count). The van der Waals surface area contributed by atoms with Crippen LogP contribution in [0.3, 0.4) is 0 Å². The average molecular weight is 258 g/mol. The highest BCUT2D eigenvalue weighted by atomic mass is 16.5. The predicted octanol–water partition coefficient (Wildman–Crippen LogP) is -0.754. The molecule has 0 heterocycles. The van der Waals surface area contributed by atoms with Gasteiger partial charge in [-0.1, -0.05) is 13.8 Å². The molecule has 2 atom stereocenters. The van der Waals surface area contributed by atoms with E-state index in [0.717, 1.165) is 0 Å². The smallest absolute Gasteiger partial charge is 0.332 e. The molecule has 1 aliphatic rings. The lowest BCUT2D eigenvalue weighted by Gasteiger charge is -2.21. The number of methoxy groups -OCH3 is 1. The molecule has 4 N–H and O–H groups in total. The van der Waals surface area contributed by atoms with Crippen molar-refractivity contribution in [2.24, 2.45) is 11.1 Å². The molecule has 0 aromatic carbocycles. The van der Waals surface area contributed by atoms with Gasteiger partial charge in [0.1, 0.15) is 5.54 Å². The molecule has 0 bridgehead atoms. The highest BCUT2D eigenvalue weighted by Crippen LogP contribution is 2.56. The van der Waals surface area contributed by atoms with Gasteiger partial charge in [-0.05, 0) is 6.42 Å². The molecule has 1 aliphatic carbocycles. The highest BCUT2D eigenvalue weighted by molar-refractivity contribution is 5.95. The Morgan fingerprint density at radius 2 is 1.94 bits per heavy atom. The molecule has 1 amide bonds. The number of hydrogen-bond acceptors (Lipinski definition) is 5. The summed E-state index contributed by atoms with van der Waals surface area (Å²) >= 11 is 0. The topological polar surface area (TPSA) is 119 Å². The molecule has 0 saturated heterocycles. The van der Waals surface area contributed by atoms with Crippen LogP contribution in [0.1, 0.15) is 26.7 Å². The molecular weight excluding hydrogens is 240 g/mol. The second-order valence-electron chi connectivity index (χ2n) is 5.15. The number of carbonyl (C=O) groups excluding carboxylic acids is 2. The first kappa shape index (κ1) is 14.4. The molecule has 1 fully saturated rings. The van der Waals surface area contributed by atoms with E-state index >= 15 is 0 Å². The Balaban J connectivity index is 2.73. The largest absolute Gasteiger partial charge is 0.481 e. The van der Waals surface area contributed by atoms with Gasteiger partial charge in [0.05, 0.1) is 19.6 Å². The molecule has 1 saturated carbocycles. The number of hydrogen-bond donors (Lipinski definition) is 3. The fraction of sp³-hybridized carbons (Fsp3) is 0.727. The van der Waals surface area contributed by atoms with E-state index in [2.05, 4.69) is 10.1 Å². The fourth-order valence-electron chi connectivity index (χ4n) is 1.99. The molecule has 102 valence electrons. The normalized spacial score (nSPS) is 26.0. The van der Waals surface area contributed by atoms with Crippen LogP contribution in [0.2, 0.25) is 0 Å². The second-order valence-corrected chi connectivity index (χ2v) is 5.15. The number of ether oxygens (including phenoxy) is 1. The lowest BCUT2D eigenvalue weighted by molar-refractivity contribution is -0.148. The van der Waals surface area contributed by atoms with Gasteiger partial charge >= 0.3 is 11.9 Å². The summed E-state index contributed by atoms with van der Waals surface area (Å²) in [5.41, 5.74) is 3.93. The summed E-state index contributed by atoms with van der Waals surface area (Å²) < 4.78 is 4.66. The van der Waals surface area contributed by atoms with Crippen LogP contribution in [0, 0.1) is 5.41 Å². The number of carbonyl (C=O) groups is 3. The van der Waals surface area contributed by atoms with Crippen molar-refractivity contribution in [1.29, 1.82) is 0 Å². The summed E-state index contributed by atoms with van der Waals surface area (Å²) in [5, 5.41) is 11.1. The standard InChI is InChI=1S/C11H18N2O5/c1-10(2)5-11(10,9(17)18-3)13-8(16)6(12)4-7(14)15/h6H,4-5,12H2,1-3H3,(H,13,16)(H,14,15)/t6-,11+/m0/s1. The van der Waals surface area contributed by atoms with E-state index in [4.69, 9.17) is 10.8 Å². The minimum absolute atomic E-state index is 0.418. The molecule has 0 unspecified atom stereocenters. The molecule has 7 nitrogen and oxygen atoms in total. The average Bonchev–Trinajstić information content (AvgIpc) is 2.79. The van der Waals surface area contributed by atoms with E-state index in [1.807, 2.05) is 13.8 Å². The number of amides is 1. The molecule has 0 aromatic rings. The van der Waals surface area contributed by atoms with E-state index < -0.39 is 41.3 Å². The van der Waals surface area contributed by atoms with E-state index in [0.29, 0.717) is 6.42 Å². The van der Waals surface area contributed by atoms with Crippen LogP contribution in [0.4, 0.5) is 0 Å². The van der Waals surface area contributed by atoms with Gasteiger partial charge in [-0.25, -0.2) is 4.79 Å². The van der Waals surface area contributed by atoms with Crippen LogP contribution < -0.4 is 11.1 Å². The molecule has 0 aromatic heterocycles. The summed E-state index contributed by atoms with van der Waals surface area (Å²) in [7, 11) is 1.24. The number of esters is 1. The number of aliphatic carboxylic acids is 1. The van der Waals surface area contributed by atoms with Gasteiger partial charge in [-0.15, -0.1) is 0 Å². The van der Waals surface area contributed by atoms with Gasteiger partial charge in [0.15, 0.2) is 0 Å². The van der Waals surface area contributed by atoms with Crippen LogP contribution in [0.5, 0.6) is 0 Å². The van der Waals surface area contributed by atoms with Gasteiger partial charge in [-0.3, -0.25) is 9.59 Å². The highest BCUT2D eigenvalue weighted by Gasteiger charge is 2.68. The first-order chi connectivity index (χ1) is 8.16. The lowest BCUT2D eigenvalue weighted by Crippen LogP contribution is -2.53. The minimum atomic E-state index is -1.18. The maximum absolute atomic E-state index is 11.7. The Morgan fingerprint density at radius 3 is 2.28 bits per heavy atom. The number of carboxylic acids is 1. The zero-order valence-corrected chi connectivity index (χ0v) is 10.6. The lowest BCUT2D eigenvalue weighted by atomic mass is 10.0. The Morgan fingerprint density at radius 1 is 1.44 bits per heavy atom. The van der Waals surface area contributed by atoms with E-state index in [1.54, 1.807) is 0 Å². The summed E-state index contributed by atoms with van der Waals surface area (Å²) in [4.78, 5) is 33.9. The molecule has 18 heavy (non-hydrogen) atoms. The number of nitrogens with two attached hydrogens (primary N) is 1. The first-order valence-electron chi connectivity index (χ1n) is 5.54. The molecule has 0 spiro atoms. The first-order valence-corrected chi connectivity index (χ1v) is 5.54. The van der Waals surface area contributed by atoms with Crippen LogP contribution in [0.15, 0.2) is 0 Å². The maximum atomic E-state index is 11.7. The van der Waals surface area contributed by atoms with Crippen molar-refractivity contribution in [3.63, 3.8) is 0 Å². The Bertz CT molecular complexity index is 393. The van der Waals surface area contributed by atoms with E-state index in [-0.39, 0.29) is 0 Å². The Kier molecular flexibility index (Phi) is 3.66. The van der Waals surface area contributed by atoms with Crippen molar-refractivity contribution >= 4 is 17.8 Å². The van der Waals surface area contributed by atoms with Gasteiger partial charge in [0.2, 0.25) is 5.91 Å². The molecule has 7 heteroatoms. The van der Waals surface area contributed by atoms with Crippen molar-refractivity contribution in [1.82, 2.24) is 5.32 Å². The molecule has 0 aliphatic heterocycles. The third-order valence-electron chi connectivity index (χ3n) is 3.34. The second kappa shape index (κ2) is 4.56. The van der Waals surface area contributed by atoms with Crippen LogP contribution in [-0.4, -0.2) is 41.6 Å². The van der Waals surface area contributed by atoms with Gasteiger partial charge in [-0.2, -0.15) is 0 Å². The summed E-state index contributed by atoms with van der Waals surface area (Å²) in [6.07, 6.45) is -0.0400. The van der Waals surface area contributed by atoms with Crippen molar-refractivity contribution in [3.05, 3.63) is 0 Å². The number of carboxylic acid groups (broad SMARTS) is 1. The van der Waals surface area contributed by atoms with Gasteiger partial charge in [0.25, 0.3) is 0 Å². The third kappa shape index (κ3) is 2.45. The van der Waals surface area contributed by atoms with Gasteiger partial charge < -0.3 is 20.9 Å². The van der Waals surface area contributed by atoms with Crippen LogP contribution in [0.25, 0.3) is 0 Å². The Labute approximate surface area is 105 Å². The van der Waals surface area contributed by atoms with Crippen molar-refractivity contribution in [2.75, 3.05) is 7.11 Å². The van der Waals surface area contributed by atoms with Crippen molar-refractivity contribution < 1.29 is 24.2 Å². The molecular formula is C11H18N2O5. The quantitative estimate of drug-likeness (QED) is 0.558. The zero-order chi connectivity index (χ0) is 14.1. The predicted molar refractivity (Wildman–Crippen MR) is 61.5 cm³/mol. The zero-order valence-electron chi connectivity index (χ0n) is 10.6. The number of nitrogens with one attached hydrogen (secondary N) is 1. The Hall–Kier alpha value is -1.63. The van der Waals surface area contributed by atoms with Crippen molar-refractivity contribution in [3.8, 4) is 0 Å². The summed E-state index contributed by atoms with van der Waals surface area (Å²) in [5.74, 6) is -2.36. The van der Waals surface area contributed by atoms with Crippen LogP contribution in [-0.2, 0) is 19.1 Å².